The fraction of sp³-hybridized carbons (Fsp3) is 0.875. The van der Waals surface area contributed by atoms with Crippen LogP contribution in [0.1, 0.15) is 12.8 Å². The van der Waals surface area contributed by atoms with Gasteiger partial charge in [0.15, 0.2) is 0 Å². The highest BCUT2D eigenvalue weighted by Gasteiger charge is 2.72. The van der Waals surface area contributed by atoms with Crippen LogP contribution in [0.15, 0.2) is 0 Å². The molecule has 12 heavy (non-hydrogen) atoms. The van der Waals surface area contributed by atoms with Gasteiger partial charge in [0, 0.05) is 18.6 Å². The van der Waals surface area contributed by atoms with Gasteiger partial charge in [-0.2, -0.15) is 0 Å². The molecule has 1 spiro atoms. The summed E-state index contributed by atoms with van der Waals surface area (Å²) in [6.07, 6.45) is 1.56. The SMILES string of the molecule is NC[C@]1(C(=O)O)C[C@]12CCOC2. The Morgan fingerprint density at radius 1 is 1.67 bits per heavy atom. The second kappa shape index (κ2) is 2.20. The molecule has 2 fully saturated rings. The van der Waals surface area contributed by atoms with Crippen LogP contribution < -0.4 is 5.73 Å². The number of carboxylic acid groups (broad SMARTS) is 1. The van der Waals surface area contributed by atoms with Crippen molar-refractivity contribution in [2.24, 2.45) is 16.6 Å². The van der Waals surface area contributed by atoms with E-state index < -0.39 is 11.4 Å². The molecule has 0 radical (unpaired) electrons. The molecule has 1 saturated heterocycles. The molecular weight excluding hydrogens is 158 g/mol. The molecule has 2 aliphatic rings. The summed E-state index contributed by atoms with van der Waals surface area (Å²) < 4.78 is 5.21. The van der Waals surface area contributed by atoms with E-state index in [-0.39, 0.29) is 12.0 Å². The van der Waals surface area contributed by atoms with Crippen molar-refractivity contribution >= 4 is 5.97 Å². The van der Waals surface area contributed by atoms with Crippen molar-refractivity contribution in [2.75, 3.05) is 19.8 Å². The number of carbonyl (C=O) groups is 1. The van der Waals surface area contributed by atoms with Gasteiger partial charge in [0.25, 0.3) is 0 Å². The monoisotopic (exact) mass is 171 g/mol. The molecule has 1 saturated carbocycles. The van der Waals surface area contributed by atoms with Gasteiger partial charge in [-0.05, 0) is 12.8 Å². The van der Waals surface area contributed by atoms with E-state index in [0.29, 0.717) is 19.6 Å². The molecule has 4 nitrogen and oxygen atoms in total. The van der Waals surface area contributed by atoms with Crippen LogP contribution in [0.25, 0.3) is 0 Å². The highest BCUT2D eigenvalue weighted by molar-refractivity contribution is 5.80. The maximum Gasteiger partial charge on any atom is 0.311 e. The normalized spacial score (nSPS) is 45.1. The number of carboxylic acids is 1. The number of aliphatic carboxylic acids is 1. The topological polar surface area (TPSA) is 72.6 Å². The minimum Gasteiger partial charge on any atom is -0.481 e. The van der Waals surface area contributed by atoms with Gasteiger partial charge in [0.1, 0.15) is 0 Å². The number of nitrogens with two attached hydrogens (primary N) is 1. The van der Waals surface area contributed by atoms with Crippen molar-refractivity contribution in [1.82, 2.24) is 0 Å². The Morgan fingerprint density at radius 3 is 2.75 bits per heavy atom. The van der Waals surface area contributed by atoms with Crippen LogP contribution in [-0.2, 0) is 9.53 Å². The van der Waals surface area contributed by atoms with E-state index in [4.69, 9.17) is 15.6 Å². The zero-order valence-electron chi connectivity index (χ0n) is 6.88. The predicted octanol–water partition coefficient (Wildman–Crippen LogP) is -0.174. The summed E-state index contributed by atoms with van der Waals surface area (Å²) in [5, 5.41) is 8.99. The summed E-state index contributed by atoms with van der Waals surface area (Å²) in [6.45, 7) is 1.51. The molecule has 2 rings (SSSR count). The van der Waals surface area contributed by atoms with E-state index in [2.05, 4.69) is 0 Å². The Hall–Kier alpha value is -0.610. The van der Waals surface area contributed by atoms with Crippen LogP contribution in [0.3, 0.4) is 0 Å². The number of ether oxygens (including phenoxy) is 1. The van der Waals surface area contributed by atoms with Crippen LogP contribution in [0.4, 0.5) is 0 Å². The lowest BCUT2D eigenvalue weighted by molar-refractivity contribution is -0.144. The van der Waals surface area contributed by atoms with Crippen LogP contribution in [0.5, 0.6) is 0 Å². The Morgan fingerprint density at radius 2 is 2.42 bits per heavy atom. The molecule has 0 aromatic carbocycles. The van der Waals surface area contributed by atoms with Crippen molar-refractivity contribution in [3.63, 3.8) is 0 Å². The van der Waals surface area contributed by atoms with Gasteiger partial charge in [-0.25, -0.2) is 0 Å². The third-order valence-electron chi connectivity index (χ3n) is 3.39. The summed E-state index contributed by atoms with van der Waals surface area (Å²) in [4.78, 5) is 10.9. The van der Waals surface area contributed by atoms with Gasteiger partial charge in [-0.15, -0.1) is 0 Å². The average Bonchev–Trinajstić information content (AvgIpc) is 2.40. The smallest absolute Gasteiger partial charge is 0.311 e. The average molecular weight is 171 g/mol. The standard InChI is InChI=1S/C8H13NO3/c9-4-8(6(10)11)3-7(8)1-2-12-5-7/h1-5,9H2,(H,10,11)/t7-,8-/m0/s1. The number of hydrogen-bond acceptors (Lipinski definition) is 3. The molecule has 1 aliphatic carbocycles. The van der Waals surface area contributed by atoms with E-state index in [9.17, 15) is 4.79 Å². The summed E-state index contributed by atoms with van der Waals surface area (Å²) in [7, 11) is 0. The maximum atomic E-state index is 10.9. The summed E-state index contributed by atoms with van der Waals surface area (Å²) in [5.41, 5.74) is 4.71. The van der Waals surface area contributed by atoms with Gasteiger partial charge in [-0.1, -0.05) is 0 Å². The lowest BCUT2D eigenvalue weighted by atomic mass is 9.92. The minimum atomic E-state index is -0.754. The van der Waals surface area contributed by atoms with Crippen molar-refractivity contribution in [3.05, 3.63) is 0 Å². The minimum absolute atomic E-state index is 0.117. The lowest BCUT2D eigenvalue weighted by Crippen LogP contribution is -2.31. The highest BCUT2D eigenvalue weighted by Crippen LogP contribution is 2.67. The van der Waals surface area contributed by atoms with Gasteiger partial charge >= 0.3 is 5.97 Å². The quantitative estimate of drug-likeness (QED) is 0.605. The van der Waals surface area contributed by atoms with E-state index in [1.165, 1.54) is 0 Å². The van der Waals surface area contributed by atoms with E-state index >= 15 is 0 Å². The maximum absolute atomic E-state index is 10.9. The Kier molecular flexibility index (Phi) is 1.47. The van der Waals surface area contributed by atoms with Crippen molar-refractivity contribution in [3.8, 4) is 0 Å². The second-order valence-corrected chi connectivity index (χ2v) is 3.85. The fourth-order valence-electron chi connectivity index (χ4n) is 2.34. The molecule has 4 heteroatoms. The zero-order valence-corrected chi connectivity index (χ0v) is 6.88. The zero-order chi connectivity index (χ0) is 8.82. The summed E-state index contributed by atoms with van der Waals surface area (Å²) in [5.74, 6) is -0.754. The molecule has 0 aromatic rings. The van der Waals surface area contributed by atoms with Crippen LogP contribution >= 0.6 is 0 Å². The van der Waals surface area contributed by atoms with E-state index in [1.54, 1.807) is 0 Å². The van der Waals surface area contributed by atoms with Gasteiger partial charge < -0.3 is 15.6 Å². The first kappa shape index (κ1) is 8.01. The summed E-state index contributed by atoms with van der Waals surface area (Å²) in [6, 6.07) is 0. The van der Waals surface area contributed by atoms with Crippen LogP contribution in [0, 0.1) is 10.8 Å². The lowest BCUT2D eigenvalue weighted by Gasteiger charge is -2.13. The third kappa shape index (κ3) is 0.716. The molecule has 1 heterocycles. The first-order valence-corrected chi connectivity index (χ1v) is 4.18. The van der Waals surface area contributed by atoms with E-state index in [0.717, 1.165) is 6.42 Å². The first-order chi connectivity index (χ1) is 5.67. The summed E-state index contributed by atoms with van der Waals surface area (Å²) >= 11 is 0. The molecule has 3 N–H and O–H groups in total. The fourth-order valence-corrected chi connectivity index (χ4v) is 2.34. The van der Waals surface area contributed by atoms with Crippen LogP contribution in [-0.4, -0.2) is 30.8 Å². The molecule has 0 bridgehead atoms. The molecule has 68 valence electrons. The number of rotatable bonds is 2. The van der Waals surface area contributed by atoms with Crippen LogP contribution in [0.2, 0.25) is 0 Å². The molecule has 1 aliphatic heterocycles. The van der Waals surface area contributed by atoms with E-state index in [1.807, 2.05) is 0 Å². The molecule has 0 unspecified atom stereocenters. The first-order valence-electron chi connectivity index (χ1n) is 4.18. The predicted molar refractivity (Wildman–Crippen MR) is 41.6 cm³/mol. The molecule has 0 amide bonds. The van der Waals surface area contributed by atoms with Gasteiger partial charge in [0.2, 0.25) is 0 Å². The van der Waals surface area contributed by atoms with Gasteiger partial charge in [-0.3, -0.25) is 4.79 Å². The van der Waals surface area contributed by atoms with Crippen molar-refractivity contribution < 1.29 is 14.6 Å². The third-order valence-corrected chi connectivity index (χ3v) is 3.39. The largest absolute Gasteiger partial charge is 0.481 e. The number of hydrogen-bond donors (Lipinski definition) is 2. The Bertz CT molecular complexity index is 222. The van der Waals surface area contributed by atoms with Crippen molar-refractivity contribution in [2.45, 2.75) is 12.8 Å². The molecule has 0 aromatic heterocycles. The second-order valence-electron chi connectivity index (χ2n) is 3.85. The van der Waals surface area contributed by atoms with Crippen molar-refractivity contribution in [1.29, 1.82) is 0 Å². The Labute approximate surface area is 70.7 Å². The highest BCUT2D eigenvalue weighted by atomic mass is 16.5. The molecular formula is C8H13NO3. The molecule has 2 atom stereocenters. The Balaban J connectivity index is 2.20. The van der Waals surface area contributed by atoms with Gasteiger partial charge in [0.05, 0.1) is 12.0 Å².